The highest BCUT2D eigenvalue weighted by atomic mass is 35.5. The Morgan fingerprint density at radius 1 is 1.02 bits per heavy atom. The number of aryl methyl sites for hydroxylation is 1. The molecule has 4 fully saturated rings. The number of fused-ring (bicyclic) bond motifs is 7. The van der Waals surface area contributed by atoms with Crippen molar-refractivity contribution in [1.29, 1.82) is 0 Å². The molecule has 49 heavy (non-hydrogen) atoms. The van der Waals surface area contributed by atoms with E-state index in [1.54, 1.807) is 13.0 Å². The monoisotopic (exact) mass is 709 g/mol. The number of nitrogens with one attached hydrogen (secondary N) is 1. The van der Waals surface area contributed by atoms with Crippen molar-refractivity contribution in [3.63, 3.8) is 0 Å². The van der Waals surface area contributed by atoms with E-state index in [1.807, 2.05) is 18.2 Å². The molecule has 2 saturated carbocycles. The third-order valence-electron chi connectivity index (χ3n) is 13.6. The molecule has 7 atom stereocenters. The fourth-order valence-electron chi connectivity index (χ4n) is 10.4. The number of amides is 1. The lowest BCUT2D eigenvalue weighted by molar-refractivity contribution is -0.212. The van der Waals surface area contributed by atoms with E-state index >= 15 is 0 Å². The number of benzene rings is 2. The molecule has 3 aliphatic carbocycles. The molecule has 2 saturated heterocycles. The Labute approximate surface area is 295 Å². The van der Waals surface area contributed by atoms with Crippen molar-refractivity contribution in [2.45, 2.75) is 86.5 Å². The Bertz CT molecular complexity index is 1770. The lowest BCUT2D eigenvalue weighted by Crippen LogP contribution is -2.65. The van der Waals surface area contributed by atoms with Crippen LogP contribution in [0, 0.1) is 17.8 Å². The predicted octanol–water partition coefficient (Wildman–Crippen LogP) is 5.33. The first-order valence-corrected chi connectivity index (χ1v) is 20.3. The summed E-state index contributed by atoms with van der Waals surface area (Å²) in [6.45, 7) is 7.89. The van der Waals surface area contributed by atoms with E-state index in [0.717, 1.165) is 107 Å². The second-order valence-electron chi connectivity index (χ2n) is 16.3. The van der Waals surface area contributed by atoms with Crippen molar-refractivity contribution in [3.8, 4) is 5.75 Å². The summed E-state index contributed by atoms with van der Waals surface area (Å²) in [5.74, 6) is 1.01. The van der Waals surface area contributed by atoms with Gasteiger partial charge < -0.3 is 19.1 Å². The van der Waals surface area contributed by atoms with Gasteiger partial charge >= 0.3 is 0 Å². The van der Waals surface area contributed by atoms with E-state index < -0.39 is 20.7 Å². The number of ether oxygens (including phenoxy) is 3. The fourth-order valence-corrected chi connectivity index (χ4v) is 12.2. The van der Waals surface area contributed by atoms with Crippen molar-refractivity contribution in [2.75, 3.05) is 57.5 Å². The van der Waals surface area contributed by atoms with Crippen LogP contribution in [0.2, 0.25) is 5.02 Å². The van der Waals surface area contributed by atoms with Crippen LogP contribution >= 0.6 is 11.6 Å². The standard InChI is InChI=1S/C38H48ClN3O6S/c1-36-18-28(36)5-3-13-38(23-41-14-15-46-20-30(41)21-48-38)32-9-6-27(32)19-42-22-37(12-2-4-25-16-29(39)8-10-31(25)37)24-47-34-11-7-26(17-33(34)42)35(43)40-49(36,44)45/h7-8,10-11,16-17,27-28,30,32H,2-6,9,12-15,18-24H2,1H3,(H,40,43)/t27-,28+,30-,32+,36+,37-,38+/m0/s1. The molecule has 2 aromatic carbocycles. The highest BCUT2D eigenvalue weighted by Crippen LogP contribution is 2.55. The number of halogens is 1. The number of carbonyl (C=O) groups is 1. The summed E-state index contributed by atoms with van der Waals surface area (Å²) in [4.78, 5) is 18.7. The van der Waals surface area contributed by atoms with Gasteiger partial charge in [-0.15, -0.1) is 0 Å². The maximum absolute atomic E-state index is 13.7. The van der Waals surface area contributed by atoms with Crippen molar-refractivity contribution in [2.24, 2.45) is 17.8 Å². The molecule has 264 valence electrons. The van der Waals surface area contributed by atoms with E-state index in [9.17, 15) is 13.2 Å². The second-order valence-corrected chi connectivity index (χ2v) is 18.9. The van der Waals surface area contributed by atoms with E-state index in [4.69, 9.17) is 25.8 Å². The van der Waals surface area contributed by atoms with Crippen LogP contribution in [-0.2, 0) is 31.3 Å². The van der Waals surface area contributed by atoms with Crippen LogP contribution in [0.15, 0.2) is 36.4 Å². The molecule has 9 rings (SSSR count). The van der Waals surface area contributed by atoms with Crippen molar-refractivity contribution < 1.29 is 27.4 Å². The van der Waals surface area contributed by atoms with Gasteiger partial charge in [0.1, 0.15) is 5.75 Å². The molecule has 7 aliphatic rings. The van der Waals surface area contributed by atoms with Crippen LogP contribution in [0.25, 0.3) is 0 Å². The van der Waals surface area contributed by atoms with Crippen LogP contribution in [0.5, 0.6) is 5.75 Å². The maximum Gasteiger partial charge on any atom is 0.264 e. The summed E-state index contributed by atoms with van der Waals surface area (Å²) in [6.07, 6.45) is 8.51. The van der Waals surface area contributed by atoms with Gasteiger partial charge in [0.15, 0.2) is 0 Å². The van der Waals surface area contributed by atoms with Gasteiger partial charge in [0, 0.05) is 42.2 Å². The largest absolute Gasteiger partial charge is 0.490 e. The number of anilines is 1. The Kier molecular flexibility index (Phi) is 7.86. The molecule has 9 nitrogen and oxygen atoms in total. The summed E-state index contributed by atoms with van der Waals surface area (Å²) in [5.41, 5.74) is 3.28. The molecule has 0 unspecified atom stereocenters. The molecule has 4 aliphatic heterocycles. The molecule has 2 spiro atoms. The zero-order valence-electron chi connectivity index (χ0n) is 28.4. The van der Waals surface area contributed by atoms with Crippen LogP contribution in [0.4, 0.5) is 5.69 Å². The van der Waals surface area contributed by atoms with E-state index in [2.05, 4.69) is 26.7 Å². The van der Waals surface area contributed by atoms with E-state index in [0.29, 0.717) is 43.1 Å². The molecule has 1 N–H and O–H groups in total. The van der Waals surface area contributed by atoms with Crippen molar-refractivity contribution >= 4 is 33.2 Å². The van der Waals surface area contributed by atoms with Gasteiger partial charge in [0.25, 0.3) is 5.91 Å². The minimum Gasteiger partial charge on any atom is -0.490 e. The third kappa shape index (κ3) is 5.42. The highest BCUT2D eigenvalue weighted by Gasteiger charge is 2.60. The van der Waals surface area contributed by atoms with Gasteiger partial charge in [0.2, 0.25) is 10.0 Å². The predicted molar refractivity (Wildman–Crippen MR) is 188 cm³/mol. The fraction of sp³-hybridized carbons (Fsp3) is 0.658. The summed E-state index contributed by atoms with van der Waals surface area (Å²) in [7, 11) is -3.88. The zero-order valence-corrected chi connectivity index (χ0v) is 30.0. The zero-order chi connectivity index (χ0) is 33.6. The van der Waals surface area contributed by atoms with Crippen LogP contribution in [0.3, 0.4) is 0 Å². The summed E-state index contributed by atoms with van der Waals surface area (Å²) in [5, 5.41) is 0.758. The van der Waals surface area contributed by atoms with Crippen molar-refractivity contribution in [3.05, 3.63) is 58.1 Å². The minimum atomic E-state index is -3.88. The van der Waals surface area contributed by atoms with E-state index in [-0.39, 0.29) is 16.9 Å². The molecule has 0 aromatic heterocycles. The van der Waals surface area contributed by atoms with Crippen LogP contribution in [-0.4, -0.2) is 88.2 Å². The van der Waals surface area contributed by atoms with Crippen molar-refractivity contribution in [1.82, 2.24) is 9.62 Å². The van der Waals surface area contributed by atoms with Crippen LogP contribution < -0.4 is 14.4 Å². The molecule has 2 bridgehead atoms. The lowest BCUT2D eigenvalue weighted by atomic mass is 9.62. The summed E-state index contributed by atoms with van der Waals surface area (Å²) < 4.78 is 48.5. The Morgan fingerprint density at radius 3 is 2.78 bits per heavy atom. The molecule has 4 heterocycles. The lowest BCUT2D eigenvalue weighted by Gasteiger charge is -2.57. The molecule has 0 radical (unpaired) electrons. The number of hydrogen-bond donors (Lipinski definition) is 1. The average molecular weight is 710 g/mol. The molecule has 1 amide bonds. The highest BCUT2D eigenvalue weighted by molar-refractivity contribution is 7.91. The summed E-state index contributed by atoms with van der Waals surface area (Å²) >= 11 is 6.49. The smallest absolute Gasteiger partial charge is 0.264 e. The van der Waals surface area contributed by atoms with Gasteiger partial charge in [-0.25, -0.2) is 13.1 Å². The van der Waals surface area contributed by atoms with Gasteiger partial charge in [-0.1, -0.05) is 24.1 Å². The average Bonchev–Trinajstić information content (AvgIpc) is 3.78. The number of carbonyl (C=O) groups excluding carboxylic acids is 1. The Hall–Kier alpha value is -2.37. The molecule has 11 heteroatoms. The summed E-state index contributed by atoms with van der Waals surface area (Å²) in [6, 6.07) is 12.0. The molecule has 2 aromatic rings. The normalized spacial score (nSPS) is 38.5. The maximum atomic E-state index is 13.7. The number of nitrogens with zero attached hydrogens (tertiary/aromatic N) is 2. The first kappa shape index (κ1) is 32.5. The number of rotatable bonds is 0. The Balaban J connectivity index is 1.12. The number of sulfonamides is 1. The molecular weight excluding hydrogens is 662 g/mol. The van der Waals surface area contributed by atoms with Gasteiger partial charge in [-0.05, 0) is 118 Å². The third-order valence-corrected chi connectivity index (χ3v) is 16.0. The van der Waals surface area contributed by atoms with Gasteiger partial charge in [0.05, 0.1) is 48.5 Å². The topological polar surface area (TPSA) is 97.4 Å². The minimum absolute atomic E-state index is 0.0278. The van der Waals surface area contributed by atoms with Gasteiger partial charge in [-0.3, -0.25) is 9.69 Å². The number of hydrogen-bond acceptors (Lipinski definition) is 8. The van der Waals surface area contributed by atoms with Gasteiger partial charge in [-0.2, -0.15) is 0 Å². The quantitative estimate of drug-likeness (QED) is 0.392. The first-order valence-electron chi connectivity index (χ1n) is 18.4. The molecular formula is C38H48ClN3O6S. The number of morpholine rings is 2. The second kappa shape index (κ2) is 11.8. The van der Waals surface area contributed by atoms with Crippen LogP contribution in [0.1, 0.15) is 79.8 Å². The first-order chi connectivity index (χ1) is 23.6. The van der Waals surface area contributed by atoms with E-state index in [1.165, 1.54) is 11.1 Å². The Morgan fingerprint density at radius 2 is 1.92 bits per heavy atom. The SMILES string of the molecule is C[C@@]12C[C@H]1CCC[C@@]1(CN3CCOC[C@H]3CO1)[C@@H]1CC[C@H]1CN1C[C@@]3(CCCc4cc(Cl)ccc43)COc3ccc(cc31)C(=O)NS2(=O)=O.